The van der Waals surface area contributed by atoms with Crippen LogP contribution >= 0.6 is 0 Å². The molecule has 0 atom stereocenters. The summed E-state index contributed by atoms with van der Waals surface area (Å²) in [5.74, 6) is 0.478. The predicted octanol–water partition coefficient (Wildman–Crippen LogP) is 0.565. The average molecular weight is 174 g/mol. The maximum Gasteiger partial charge on any atom is 0.181 e. The molecule has 0 aliphatic carbocycles. The van der Waals surface area contributed by atoms with E-state index in [1.807, 2.05) is 0 Å². The summed E-state index contributed by atoms with van der Waals surface area (Å²) < 4.78 is 0. The van der Waals surface area contributed by atoms with Gasteiger partial charge in [-0.05, 0) is 12.2 Å². The van der Waals surface area contributed by atoms with E-state index in [1.54, 1.807) is 12.5 Å². The molecule has 0 aromatic carbocycles. The molecule has 64 valence electrons. The Morgan fingerprint density at radius 3 is 3.15 bits per heavy atom. The monoisotopic (exact) mass is 174 g/mol. The number of nitrogens with one attached hydrogen (secondary N) is 1. The third-order valence-electron chi connectivity index (χ3n) is 1.52. The Morgan fingerprint density at radius 2 is 2.31 bits per heavy atom. The van der Waals surface area contributed by atoms with Gasteiger partial charge in [0.05, 0.1) is 12.5 Å². The Labute approximate surface area is 73.5 Å². The van der Waals surface area contributed by atoms with Crippen LogP contribution in [0.2, 0.25) is 0 Å². The highest BCUT2D eigenvalue weighted by Gasteiger charge is 1.97. The summed E-state index contributed by atoms with van der Waals surface area (Å²) in [6.07, 6.45) is 6.72. The molecule has 0 aliphatic heterocycles. The number of allylic oxidation sites excluding steroid dienone is 1. The Kier molecular flexibility index (Phi) is 1.84. The van der Waals surface area contributed by atoms with Gasteiger partial charge in [0.15, 0.2) is 11.5 Å². The van der Waals surface area contributed by atoms with Crippen molar-refractivity contribution in [2.75, 3.05) is 0 Å². The Bertz CT molecular complexity index is 460. The van der Waals surface area contributed by atoms with Crippen molar-refractivity contribution in [3.63, 3.8) is 0 Å². The van der Waals surface area contributed by atoms with Crippen molar-refractivity contribution in [1.82, 2.24) is 19.9 Å². The lowest BCUT2D eigenvalue weighted by Crippen LogP contribution is -1.87. The number of carbonyl (C=O) groups is 1. The van der Waals surface area contributed by atoms with Crippen LogP contribution in [-0.2, 0) is 4.79 Å². The van der Waals surface area contributed by atoms with E-state index in [-0.39, 0.29) is 0 Å². The first-order valence-corrected chi connectivity index (χ1v) is 3.68. The lowest BCUT2D eigenvalue weighted by Gasteiger charge is -1.89. The van der Waals surface area contributed by atoms with Crippen molar-refractivity contribution < 1.29 is 4.79 Å². The zero-order valence-corrected chi connectivity index (χ0v) is 6.64. The maximum atomic E-state index is 10.0. The highest BCUT2D eigenvalue weighted by Crippen LogP contribution is 2.04. The molecule has 0 saturated carbocycles. The third kappa shape index (κ3) is 1.44. The molecule has 5 heteroatoms. The number of hydrogen-bond donors (Lipinski definition) is 1. The second-order valence-corrected chi connectivity index (χ2v) is 2.36. The van der Waals surface area contributed by atoms with Crippen molar-refractivity contribution in [2.45, 2.75) is 0 Å². The van der Waals surface area contributed by atoms with E-state index >= 15 is 0 Å². The quantitative estimate of drug-likeness (QED) is 0.533. The first kappa shape index (κ1) is 7.60. The molecule has 0 amide bonds. The van der Waals surface area contributed by atoms with Crippen LogP contribution in [0.4, 0.5) is 0 Å². The molecule has 13 heavy (non-hydrogen) atoms. The lowest BCUT2D eigenvalue weighted by atomic mass is 10.4. The van der Waals surface area contributed by atoms with Gasteiger partial charge in [-0.3, -0.25) is 4.79 Å². The fourth-order valence-electron chi connectivity index (χ4n) is 0.955. The summed E-state index contributed by atoms with van der Waals surface area (Å²) in [6, 6.07) is 0. The van der Waals surface area contributed by atoms with Crippen LogP contribution in [0.25, 0.3) is 17.2 Å². The molecule has 2 rings (SSSR count). The summed E-state index contributed by atoms with van der Waals surface area (Å²) in [7, 11) is 0. The third-order valence-corrected chi connectivity index (χ3v) is 1.52. The van der Waals surface area contributed by atoms with E-state index < -0.39 is 0 Å². The molecule has 0 bridgehead atoms. The molecule has 1 N–H and O–H groups in total. The van der Waals surface area contributed by atoms with E-state index in [4.69, 9.17) is 0 Å². The summed E-state index contributed by atoms with van der Waals surface area (Å²) in [5.41, 5.74) is 1.38. The number of nitrogens with zero attached hydrogens (tertiary/aromatic N) is 3. The number of H-pyrrole nitrogens is 1. The minimum atomic E-state index is 0.478. The molecular weight excluding hydrogens is 168 g/mol. The fourth-order valence-corrected chi connectivity index (χ4v) is 0.955. The largest absolute Gasteiger partial charge is 0.342 e. The molecule has 0 saturated heterocycles. The normalized spacial score (nSPS) is 11.1. The van der Waals surface area contributed by atoms with Crippen molar-refractivity contribution in [3.8, 4) is 0 Å². The van der Waals surface area contributed by atoms with Gasteiger partial charge in [0.2, 0.25) is 0 Å². The summed E-state index contributed by atoms with van der Waals surface area (Å²) in [4.78, 5) is 24.9. The number of hydrogen-bond acceptors (Lipinski definition) is 4. The standard InChI is InChI=1S/C8H6N4O/c13-3-1-2-7-9-4-6-8(12-7)11-5-10-6/h1-5H,(H,9,10,11,12). The molecule has 2 heterocycles. The molecule has 2 aromatic heterocycles. The van der Waals surface area contributed by atoms with Crippen LogP contribution in [0.15, 0.2) is 18.6 Å². The SMILES string of the molecule is O=CC=Cc1ncc2[nH]cnc2n1. The molecular formula is C8H6N4O. The minimum absolute atomic E-state index is 0.478. The van der Waals surface area contributed by atoms with Gasteiger partial charge in [-0.15, -0.1) is 0 Å². The summed E-state index contributed by atoms with van der Waals surface area (Å²) >= 11 is 0. The van der Waals surface area contributed by atoms with Gasteiger partial charge < -0.3 is 4.98 Å². The molecule has 0 aliphatic rings. The highest BCUT2D eigenvalue weighted by atomic mass is 16.1. The van der Waals surface area contributed by atoms with Crippen molar-refractivity contribution >= 4 is 23.5 Å². The van der Waals surface area contributed by atoms with Crippen LogP contribution in [0.5, 0.6) is 0 Å². The van der Waals surface area contributed by atoms with Crippen molar-refractivity contribution in [2.24, 2.45) is 0 Å². The number of aromatic amines is 1. The fraction of sp³-hybridized carbons (Fsp3) is 0. The van der Waals surface area contributed by atoms with Gasteiger partial charge in [0.25, 0.3) is 0 Å². The van der Waals surface area contributed by atoms with Gasteiger partial charge in [0.1, 0.15) is 11.8 Å². The van der Waals surface area contributed by atoms with Gasteiger partial charge in [-0.2, -0.15) is 0 Å². The van der Waals surface area contributed by atoms with E-state index in [9.17, 15) is 4.79 Å². The van der Waals surface area contributed by atoms with Crippen molar-refractivity contribution in [3.05, 3.63) is 24.4 Å². The predicted molar refractivity (Wildman–Crippen MR) is 46.8 cm³/mol. The number of rotatable bonds is 2. The molecule has 0 fully saturated rings. The number of imidazole rings is 1. The van der Waals surface area contributed by atoms with Gasteiger partial charge >= 0.3 is 0 Å². The first-order chi connectivity index (χ1) is 6.40. The first-order valence-electron chi connectivity index (χ1n) is 3.68. The van der Waals surface area contributed by atoms with E-state index in [1.165, 1.54) is 12.2 Å². The number of fused-ring (bicyclic) bond motifs is 1. The van der Waals surface area contributed by atoms with E-state index in [2.05, 4.69) is 19.9 Å². The Morgan fingerprint density at radius 1 is 1.38 bits per heavy atom. The number of aldehydes is 1. The number of aromatic nitrogens is 4. The van der Waals surface area contributed by atoms with Gasteiger partial charge in [0, 0.05) is 0 Å². The minimum Gasteiger partial charge on any atom is -0.342 e. The Hall–Kier alpha value is -2.04. The molecule has 5 nitrogen and oxygen atoms in total. The molecule has 2 aromatic rings. The second kappa shape index (κ2) is 3.14. The smallest absolute Gasteiger partial charge is 0.181 e. The topological polar surface area (TPSA) is 71.5 Å². The molecule has 0 radical (unpaired) electrons. The zero-order chi connectivity index (χ0) is 9.10. The highest BCUT2D eigenvalue weighted by molar-refractivity contribution is 5.74. The second-order valence-electron chi connectivity index (χ2n) is 2.36. The van der Waals surface area contributed by atoms with Gasteiger partial charge in [-0.25, -0.2) is 15.0 Å². The maximum absolute atomic E-state index is 10.0. The lowest BCUT2D eigenvalue weighted by molar-refractivity contribution is -0.104. The van der Waals surface area contributed by atoms with Crippen LogP contribution < -0.4 is 0 Å². The van der Waals surface area contributed by atoms with Crippen molar-refractivity contribution in [1.29, 1.82) is 0 Å². The van der Waals surface area contributed by atoms with E-state index in [0.29, 0.717) is 17.8 Å². The number of carbonyl (C=O) groups excluding carboxylic acids is 1. The Balaban J connectivity index is 2.47. The van der Waals surface area contributed by atoms with Crippen LogP contribution in [0, 0.1) is 0 Å². The summed E-state index contributed by atoms with van der Waals surface area (Å²) in [6.45, 7) is 0. The average Bonchev–Trinajstić information content (AvgIpc) is 2.61. The van der Waals surface area contributed by atoms with Crippen LogP contribution in [0.1, 0.15) is 5.82 Å². The molecule has 0 spiro atoms. The van der Waals surface area contributed by atoms with E-state index in [0.717, 1.165) is 5.52 Å². The van der Waals surface area contributed by atoms with Crippen LogP contribution in [0.3, 0.4) is 0 Å². The van der Waals surface area contributed by atoms with Gasteiger partial charge in [-0.1, -0.05) is 0 Å². The summed E-state index contributed by atoms with van der Waals surface area (Å²) in [5, 5.41) is 0. The van der Waals surface area contributed by atoms with Crippen LogP contribution in [-0.4, -0.2) is 26.2 Å². The molecule has 0 unspecified atom stereocenters. The zero-order valence-electron chi connectivity index (χ0n) is 6.64.